The van der Waals surface area contributed by atoms with Crippen LogP contribution in [0.5, 0.6) is 34.5 Å². The molecule has 0 fully saturated rings. The van der Waals surface area contributed by atoms with Gasteiger partial charge in [-0.15, -0.1) is 5.10 Å². The van der Waals surface area contributed by atoms with Gasteiger partial charge in [-0.2, -0.15) is 15.3 Å². The maximum absolute atomic E-state index is 10.0. The highest BCUT2D eigenvalue weighted by Gasteiger charge is 2.04. The zero-order valence-corrected chi connectivity index (χ0v) is 20.3. The third kappa shape index (κ3) is 7.62. The summed E-state index contributed by atoms with van der Waals surface area (Å²) in [4.78, 5) is 0. The van der Waals surface area contributed by atoms with Crippen LogP contribution in [0, 0.1) is 0 Å². The number of hydrogen-bond donors (Lipinski definition) is 5. The summed E-state index contributed by atoms with van der Waals surface area (Å²) in [5.74, 6) is 1.57. The smallest absolute Gasteiger partial charge is 0.257 e. The van der Waals surface area contributed by atoms with E-state index in [9.17, 15) is 15.3 Å². The highest BCUT2D eigenvalue weighted by atomic mass is 16.5. The first-order valence-corrected chi connectivity index (χ1v) is 10.7. The SMILES string of the molecule is COc1ccc(O)c(/C=N\N=C(N/N=C\c2cc(OC)ccc2O)N/N=C\c2cc(OC)ccc2O)c1. The van der Waals surface area contributed by atoms with Crippen molar-refractivity contribution >= 4 is 24.6 Å². The van der Waals surface area contributed by atoms with Gasteiger partial charge in [0.2, 0.25) is 0 Å². The number of methoxy groups -OCH3 is 3. The predicted molar refractivity (Wildman–Crippen MR) is 140 cm³/mol. The number of benzene rings is 3. The summed E-state index contributed by atoms with van der Waals surface area (Å²) in [5, 5.41) is 46.1. The van der Waals surface area contributed by atoms with Crippen molar-refractivity contribution in [2.45, 2.75) is 0 Å². The Bertz CT molecular complexity index is 1270. The molecule has 3 aromatic rings. The van der Waals surface area contributed by atoms with Gasteiger partial charge in [0.15, 0.2) is 0 Å². The molecular weight excluding hydrogens is 480 g/mol. The van der Waals surface area contributed by atoms with Gasteiger partial charge >= 0.3 is 0 Å². The van der Waals surface area contributed by atoms with Crippen molar-refractivity contribution in [2.75, 3.05) is 21.3 Å². The maximum atomic E-state index is 10.0. The molecule has 0 radical (unpaired) electrons. The highest BCUT2D eigenvalue weighted by Crippen LogP contribution is 2.22. The molecule has 0 aliphatic rings. The summed E-state index contributed by atoms with van der Waals surface area (Å²) in [6.07, 6.45) is 4.02. The number of phenolic OH excluding ortho intramolecular Hbond substituents is 3. The molecule has 0 saturated heterocycles. The number of ether oxygens (including phenoxy) is 3. The van der Waals surface area contributed by atoms with Gasteiger partial charge in [-0.3, -0.25) is 0 Å². The lowest BCUT2D eigenvalue weighted by atomic mass is 10.2. The van der Waals surface area contributed by atoms with Gasteiger partial charge in [-0.05, 0) is 54.6 Å². The van der Waals surface area contributed by atoms with Gasteiger partial charge in [0.25, 0.3) is 5.96 Å². The average Bonchev–Trinajstić information content (AvgIpc) is 2.91. The Hall–Kier alpha value is -5.26. The summed E-state index contributed by atoms with van der Waals surface area (Å²) in [5.41, 5.74) is 6.42. The minimum Gasteiger partial charge on any atom is -0.507 e. The number of rotatable bonds is 9. The monoisotopic (exact) mass is 506 g/mol. The highest BCUT2D eigenvalue weighted by molar-refractivity contribution is 5.89. The van der Waals surface area contributed by atoms with Crippen molar-refractivity contribution in [1.82, 2.24) is 10.9 Å². The lowest BCUT2D eigenvalue weighted by Crippen LogP contribution is -2.30. The van der Waals surface area contributed by atoms with Gasteiger partial charge in [0.1, 0.15) is 34.5 Å². The predicted octanol–water partition coefficient (Wildman–Crippen LogP) is 2.77. The van der Waals surface area contributed by atoms with Crippen molar-refractivity contribution < 1.29 is 29.5 Å². The third-order valence-corrected chi connectivity index (χ3v) is 4.81. The molecule has 0 aromatic heterocycles. The fourth-order valence-electron chi connectivity index (χ4n) is 2.83. The fraction of sp³-hybridized carbons (Fsp3) is 0.120. The minimum absolute atomic E-state index is 0.00385. The number of guanidine groups is 1. The standard InChI is InChI=1S/C25H26N6O6/c1-35-19-4-7-22(32)16(10-19)13-26-29-25(30-27-14-17-11-20(36-2)5-8-23(17)33)31-28-15-18-12-21(37-3)6-9-24(18)34/h4-15,32-34H,1-3H3,(H2,29,30,31)/b26-13-,27-14-,28-15-. The van der Waals surface area contributed by atoms with Crippen LogP contribution in [-0.4, -0.2) is 61.3 Å². The van der Waals surface area contributed by atoms with Crippen molar-refractivity contribution in [3.63, 3.8) is 0 Å². The van der Waals surface area contributed by atoms with Crippen LogP contribution in [0.15, 0.2) is 75.0 Å². The van der Waals surface area contributed by atoms with Crippen LogP contribution in [-0.2, 0) is 0 Å². The largest absolute Gasteiger partial charge is 0.507 e. The van der Waals surface area contributed by atoms with Crippen molar-refractivity contribution in [2.24, 2.45) is 20.4 Å². The summed E-state index contributed by atoms with van der Waals surface area (Å²) < 4.78 is 15.5. The normalized spacial score (nSPS) is 11.1. The van der Waals surface area contributed by atoms with Crippen LogP contribution in [0.3, 0.4) is 0 Å². The minimum atomic E-state index is -0.0177. The number of hydrazone groups is 2. The molecule has 0 unspecified atom stereocenters. The van der Waals surface area contributed by atoms with Gasteiger partial charge in [0, 0.05) is 16.7 Å². The Morgan fingerprint density at radius 1 is 0.622 bits per heavy atom. The lowest BCUT2D eigenvalue weighted by molar-refractivity contribution is 0.412. The molecule has 0 spiro atoms. The Morgan fingerprint density at radius 2 is 1.00 bits per heavy atom. The number of hydrogen-bond acceptors (Lipinski definition) is 10. The second-order valence-corrected chi connectivity index (χ2v) is 7.21. The van der Waals surface area contributed by atoms with E-state index < -0.39 is 0 Å². The number of aromatic hydroxyl groups is 3. The molecule has 0 aliphatic heterocycles. The second kappa shape index (κ2) is 13.0. The summed E-state index contributed by atoms with van der Waals surface area (Å²) in [7, 11) is 4.53. The van der Waals surface area contributed by atoms with Crippen LogP contribution in [0.1, 0.15) is 16.7 Å². The molecule has 12 heteroatoms. The molecule has 0 saturated carbocycles. The van der Waals surface area contributed by atoms with Crippen molar-refractivity contribution in [3.8, 4) is 34.5 Å². The molecule has 0 bridgehead atoms. The van der Waals surface area contributed by atoms with E-state index in [0.717, 1.165) is 0 Å². The van der Waals surface area contributed by atoms with Crippen LogP contribution >= 0.6 is 0 Å². The first-order valence-electron chi connectivity index (χ1n) is 10.7. The number of phenols is 3. The van der Waals surface area contributed by atoms with Gasteiger partial charge < -0.3 is 29.5 Å². The van der Waals surface area contributed by atoms with Crippen LogP contribution in [0.4, 0.5) is 0 Å². The molecule has 192 valence electrons. The van der Waals surface area contributed by atoms with E-state index in [-0.39, 0.29) is 23.2 Å². The fourth-order valence-corrected chi connectivity index (χ4v) is 2.83. The Labute approximate surface area is 212 Å². The average molecular weight is 507 g/mol. The number of nitrogens with zero attached hydrogens (tertiary/aromatic N) is 4. The molecule has 37 heavy (non-hydrogen) atoms. The zero-order chi connectivity index (χ0) is 26.6. The summed E-state index contributed by atoms with van der Waals surface area (Å²) >= 11 is 0. The van der Waals surface area contributed by atoms with Crippen LogP contribution in [0.2, 0.25) is 0 Å². The van der Waals surface area contributed by atoms with Crippen molar-refractivity contribution in [1.29, 1.82) is 0 Å². The van der Waals surface area contributed by atoms with E-state index in [4.69, 9.17) is 14.2 Å². The summed E-state index contributed by atoms with van der Waals surface area (Å²) in [6.45, 7) is 0. The zero-order valence-electron chi connectivity index (χ0n) is 20.3. The Kier molecular flexibility index (Phi) is 9.25. The second-order valence-electron chi connectivity index (χ2n) is 7.21. The first-order chi connectivity index (χ1) is 17.9. The Morgan fingerprint density at radius 3 is 1.38 bits per heavy atom. The molecule has 3 rings (SSSR count). The first kappa shape index (κ1) is 26.3. The van der Waals surface area contributed by atoms with E-state index in [0.29, 0.717) is 33.9 Å². The molecule has 5 N–H and O–H groups in total. The molecule has 0 aliphatic carbocycles. The number of nitrogens with one attached hydrogen (secondary N) is 2. The Balaban J connectivity index is 1.82. The molecule has 0 atom stereocenters. The lowest BCUT2D eigenvalue weighted by Gasteiger charge is -2.05. The topological polar surface area (TPSA) is 162 Å². The molecule has 3 aromatic carbocycles. The third-order valence-electron chi connectivity index (χ3n) is 4.81. The van der Waals surface area contributed by atoms with Gasteiger partial charge in [-0.25, -0.2) is 10.9 Å². The molecule has 0 heterocycles. The van der Waals surface area contributed by atoms with Crippen molar-refractivity contribution in [3.05, 3.63) is 71.3 Å². The van der Waals surface area contributed by atoms with E-state index in [2.05, 4.69) is 31.3 Å². The molecule has 12 nitrogen and oxygen atoms in total. The molecular formula is C25H26N6O6. The van der Waals surface area contributed by atoms with Crippen LogP contribution < -0.4 is 25.1 Å². The van der Waals surface area contributed by atoms with Gasteiger partial charge in [0.05, 0.1) is 40.0 Å². The molecule has 0 amide bonds. The maximum Gasteiger partial charge on any atom is 0.257 e. The van der Waals surface area contributed by atoms with Gasteiger partial charge in [-0.1, -0.05) is 0 Å². The van der Waals surface area contributed by atoms with E-state index >= 15 is 0 Å². The van der Waals surface area contributed by atoms with E-state index in [1.54, 1.807) is 36.4 Å². The van der Waals surface area contributed by atoms with Crippen LogP contribution in [0.25, 0.3) is 0 Å². The summed E-state index contributed by atoms with van der Waals surface area (Å²) in [6, 6.07) is 14.0. The quantitative estimate of drug-likeness (QED) is 0.168. The van der Waals surface area contributed by atoms with E-state index in [1.165, 1.54) is 58.2 Å². The van der Waals surface area contributed by atoms with E-state index in [1.807, 2.05) is 0 Å².